The van der Waals surface area contributed by atoms with Gasteiger partial charge in [0, 0.05) is 6.04 Å². The molecule has 5 heteroatoms. The van der Waals surface area contributed by atoms with Crippen molar-refractivity contribution in [1.29, 1.82) is 0 Å². The van der Waals surface area contributed by atoms with Crippen LogP contribution in [0.2, 0.25) is 0 Å². The Morgan fingerprint density at radius 1 is 1.04 bits per heavy atom. The molecule has 2 saturated heterocycles. The number of nitrogens with zero attached hydrogens (tertiary/aromatic N) is 2. The lowest BCUT2D eigenvalue weighted by molar-refractivity contribution is -0.124. The Morgan fingerprint density at radius 3 is 2.54 bits per heavy atom. The highest BCUT2D eigenvalue weighted by Gasteiger charge is 2.47. The molecule has 1 aliphatic carbocycles. The summed E-state index contributed by atoms with van der Waals surface area (Å²) in [5.41, 5.74) is 0.656. The van der Waals surface area contributed by atoms with Gasteiger partial charge in [0.1, 0.15) is 5.75 Å². The lowest BCUT2D eigenvalue weighted by Gasteiger charge is -2.46. The number of piperidine rings is 1. The summed E-state index contributed by atoms with van der Waals surface area (Å²) < 4.78 is 5.46. The third-order valence-corrected chi connectivity index (χ3v) is 6.22. The van der Waals surface area contributed by atoms with Crippen molar-refractivity contribution in [2.45, 2.75) is 64.0 Å². The Bertz CT molecular complexity index is 670. The fourth-order valence-corrected chi connectivity index (χ4v) is 5.05. The molecule has 1 saturated carbocycles. The second kappa shape index (κ2) is 7.39. The van der Waals surface area contributed by atoms with Crippen molar-refractivity contribution < 1.29 is 14.3 Å². The SMILES string of the molecule is CCOc1ccc(N2C(=O)C[C@H](N3CCC[C@H]4CCCC[C@H]43)C2=O)cc1. The molecule has 0 N–H and O–H groups in total. The number of anilines is 1. The number of imide groups is 1. The standard InChI is InChI=1S/C21H28N2O3/c1-2-26-17-11-9-16(10-12-17)23-20(24)14-19(21(23)25)22-13-5-7-15-6-3-4-8-18(15)22/h9-12,15,18-19H,2-8,13-14H2,1H3/t15-,18-,19+/m1/s1. The summed E-state index contributed by atoms with van der Waals surface area (Å²) in [7, 11) is 0. The van der Waals surface area contributed by atoms with Gasteiger partial charge in [0.05, 0.1) is 24.8 Å². The molecule has 3 atom stereocenters. The van der Waals surface area contributed by atoms with E-state index in [0.29, 0.717) is 30.7 Å². The number of hydrogen-bond acceptors (Lipinski definition) is 4. The molecule has 3 aliphatic rings. The molecule has 0 unspecified atom stereocenters. The second-order valence-electron chi connectivity index (χ2n) is 7.71. The van der Waals surface area contributed by atoms with Crippen LogP contribution in [-0.4, -0.2) is 41.9 Å². The molecule has 26 heavy (non-hydrogen) atoms. The van der Waals surface area contributed by atoms with E-state index in [-0.39, 0.29) is 17.9 Å². The van der Waals surface area contributed by atoms with Gasteiger partial charge in [-0.05, 0) is 69.3 Å². The largest absolute Gasteiger partial charge is 0.494 e. The maximum atomic E-state index is 13.1. The first-order valence-electron chi connectivity index (χ1n) is 10.0. The smallest absolute Gasteiger partial charge is 0.251 e. The molecule has 5 nitrogen and oxygen atoms in total. The van der Waals surface area contributed by atoms with Crippen LogP contribution in [0.4, 0.5) is 5.69 Å². The number of amides is 2. The summed E-state index contributed by atoms with van der Waals surface area (Å²) in [6.45, 7) is 3.48. The second-order valence-corrected chi connectivity index (χ2v) is 7.71. The molecular weight excluding hydrogens is 328 g/mol. The zero-order valence-electron chi connectivity index (χ0n) is 15.5. The first-order valence-corrected chi connectivity index (χ1v) is 10.0. The number of hydrogen-bond donors (Lipinski definition) is 0. The Kier molecular flexibility index (Phi) is 4.98. The quantitative estimate of drug-likeness (QED) is 0.776. The highest BCUT2D eigenvalue weighted by molar-refractivity contribution is 6.22. The van der Waals surface area contributed by atoms with E-state index < -0.39 is 0 Å². The highest BCUT2D eigenvalue weighted by atomic mass is 16.5. The van der Waals surface area contributed by atoms with Gasteiger partial charge in [-0.1, -0.05) is 12.8 Å². The topological polar surface area (TPSA) is 49.9 Å². The van der Waals surface area contributed by atoms with Gasteiger partial charge in [0.25, 0.3) is 5.91 Å². The predicted octanol–water partition coefficient (Wildman–Crippen LogP) is 3.37. The summed E-state index contributed by atoms with van der Waals surface area (Å²) >= 11 is 0. The normalized spacial score (nSPS) is 29.7. The molecule has 3 fully saturated rings. The lowest BCUT2D eigenvalue weighted by Crippen LogP contribution is -2.54. The molecule has 2 aliphatic heterocycles. The highest BCUT2D eigenvalue weighted by Crippen LogP contribution is 2.38. The summed E-state index contributed by atoms with van der Waals surface area (Å²) in [4.78, 5) is 29.5. The van der Waals surface area contributed by atoms with E-state index in [4.69, 9.17) is 4.74 Å². The van der Waals surface area contributed by atoms with Gasteiger partial charge in [-0.2, -0.15) is 0 Å². The van der Waals surface area contributed by atoms with Crippen molar-refractivity contribution in [2.24, 2.45) is 5.92 Å². The van der Waals surface area contributed by atoms with E-state index >= 15 is 0 Å². The third kappa shape index (κ3) is 3.13. The third-order valence-electron chi connectivity index (χ3n) is 6.22. The van der Waals surface area contributed by atoms with Crippen molar-refractivity contribution in [3.8, 4) is 5.75 Å². The van der Waals surface area contributed by atoms with Crippen LogP contribution in [-0.2, 0) is 9.59 Å². The maximum Gasteiger partial charge on any atom is 0.251 e. The number of likely N-dealkylation sites (tertiary alicyclic amines) is 1. The lowest BCUT2D eigenvalue weighted by atomic mass is 9.77. The monoisotopic (exact) mass is 356 g/mol. The molecular formula is C21H28N2O3. The number of carbonyl (C=O) groups is 2. The molecule has 4 rings (SSSR count). The predicted molar refractivity (Wildman–Crippen MR) is 100 cm³/mol. The zero-order chi connectivity index (χ0) is 18.1. The van der Waals surface area contributed by atoms with Crippen LogP contribution in [0, 0.1) is 5.92 Å². The van der Waals surface area contributed by atoms with Crippen LogP contribution >= 0.6 is 0 Å². The molecule has 0 aromatic heterocycles. The Labute approximate surface area is 155 Å². The van der Waals surface area contributed by atoms with E-state index in [1.54, 1.807) is 0 Å². The molecule has 0 bridgehead atoms. The first-order chi connectivity index (χ1) is 12.7. The minimum absolute atomic E-state index is 0.0506. The van der Waals surface area contributed by atoms with E-state index in [1.807, 2.05) is 31.2 Å². The van der Waals surface area contributed by atoms with Crippen LogP contribution in [0.3, 0.4) is 0 Å². The van der Waals surface area contributed by atoms with Crippen molar-refractivity contribution in [3.05, 3.63) is 24.3 Å². The van der Waals surface area contributed by atoms with Crippen molar-refractivity contribution in [3.63, 3.8) is 0 Å². The number of fused-ring (bicyclic) bond motifs is 1. The molecule has 0 radical (unpaired) electrons. The van der Waals surface area contributed by atoms with E-state index in [9.17, 15) is 9.59 Å². The van der Waals surface area contributed by atoms with Gasteiger partial charge in [0.15, 0.2) is 0 Å². The van der Waals surface area contributed by atoms with E-state index in [1.165, 1.54) is 37.0 Å². The van der Waals surface area contributed by atoms with E-state index in [0.717, 1.165) is 18.7 Å². The van der Waals surface area contributed by atoms with Crippen LogP contribution in [0.1, 0.15) is 51.9 Å². The molecule has 1 aromatic rings. The van der Waals surface area contributed by atoms with Crippen LogP contribution in [0.15, 0.2) is 24.3 Å². The number of carbonyl (C=O) groups excluding carboxylic acids is 2. The molecule has 1 aromatic carbocycles. The van der Waals surface area contributed by atoms with Crippen LogP contribution < -0.4 is 9.64 Å². The fraction of sp³-hybridized carbons (Fsp3) is 0.619. The fourth-order valence-electron chi connectivity index (χ4n) is 5.05. The zero-order valence-corrected chi connectivity index (χ0v) is 15.5. The summed E-state index contributed by atoms with van der Waals surface area (Å²) in [5, 5.41) is 0. The average molecular weight is 356 g/mol. The van der Waals surface area contributed by atoms with Crippen molar-refractivity contribution >= 4 is 17.5 Å². The van der Waals surface area contributed by atoms with Crippen molar-refractivity contribution in [2.75, 3.05) is 18.1 Å². The maximum absolute atomic E-state index is 13.1. The molecule has 140 valence electrons. The van der Waals surface area contributed by atoms with Gasteiger partial charge in [-0.15, -0.1) is 0 Å². The van der Waals surface area contributed by atoms with Gasteiger partial charge < -0.3 is 4.74 Å². The first kappa shape index (κ1) is 17.5. The van der Waals surface area contributed by atoms with Gasteiger partial charge in [0.2, 0.25) is 5.91 Å². The molecule has 0 spiro atoms. The average Bonchev–Trinajstić information content (AvgIpc) is 2.96. The minimum Gasteiger partial charge on any atom is -0.494 e. The number of benzene rings is 1. The minimum atomic E-state index is -0.278. The van der Waals surface area contributed by atoms with Gasteiger partial charge in [-0.25, -0.2) is 4.90 Å². The van der Waals surface area contributed by atoms with E-state index in [2.05, 4.69) is 4.90 Å². The van der Waals surface area contributed by atoms with Gasteiger partial charge in [-0.3, -0.25) is 14.5 Å². The Balaban J connectivity index is 1.53. The summed E-state index contributed by atoms with van der Waals surface area (Å²) in [5.74, 6) is 1.33. The van der Waals surface area contributed by atoms with Crippen LogP contribution in [0.25, 0.3) is 0 Å². The summed E-state index contributed by atoms with van der Waals surface area (Å²) in [6, 6.07) is 7.47. The summed E-state index contributed by atoms with van der Waals surface area (Å²) in [6.07, 6.45) is 7.74. The van der Waals surface area contributed by atoms with Gasteiger partial charge >= 0.3 is 0 Å². The Hall–Kier alpha value is -1.88. The Morgan fingerprint density at radius 2 is 1.77 bits per heavy atom. The number of ether oxygens (including phenoxy) is 1. The molecule has 2 amide bonds. The van der Waals surface area contributed by atoms with Crippen LogP contribution in [0.5, 0.6) is 5.75 Å². The van der Waals surface area contributed by atoms with Crippen molar-refractivity contribution in [1.82, 2.24) is 4.90 Å². The molecule has 2 heterocycles. The number of rotatable bonds is 4.